The summed E-state index contributed by atoms with van der Waals surface area (Å²) in [5.74, 6) is -2.32. The second kappa shape index (κ2) is 13.1. The van der Waals surface area contributed by atoms with E-state index in [2.05, 4.69) is 0 Å². The highest BCUT2D eigenvalue weighted by Crippen LogP contribution is 2.36. The first-order valence-electron chi connectivity index (χ1n) is 11.5. The summed E-state index contributed by atoms with van der Waals surface area (Å²) in [5.41, 5.74) is 1.05. The average molecular weight is 617 g/mol. The van der Waals surface area contributed by atoms with Crippen molar-refractivity contribution in [1.82, 2.24) is 9.80 Å². The molecule has 40 heavy (non-hydrogen) atoms. The number of benzene rings is 2. The number of para-hydroxylation sites is 2. The Balaban J connectivity index is 1.44. The first kappa shape index (κ1) is 29.3. The maximum absolute atomic E-state index is 13.1. The minimum atomic E-state index is -1.12. The molecule has 2 amide bonds. The number of nitrogens with zero attached hydrogens (tertiary/aromatic N) is 2. The number of thioether (sulfide) groups is 2. The monoisotopic (exact) mass is 616 g/mol. The van der Waals surface area contributed by atoms with Crippen LogP contribution in [0.1, 0.15) is 11.1 Å². The van der Waals surface area contributed by atoms with Gasteiger partial charge in [-0.05, 0) is 24.3 Å². The number of carboxylic acids is 2. The molecule has 2 aromatic carbocycles. The van der Waals surface area contributed by atoms with Crippen LogP contribution in [0, 0.1) is 0 Å². The third-order valence-corrected chi connectivity index (χ3v) is 8.16. The molecule has 0 unspecified atom stereocenters. The maximum Gasteiger partial charge on any atom is 0.341 e. The number of rotatable bonds is 11. The van der Waals surface area contributed by atoms with Crippen molar-refractivity contribution < 1.29 is 38.9 Å². The third kappa shape index (κ3) is 7.07. The second-order valence-corrected chi connectivity index (χ2v) is 11.5. The van der Waals surface area contributed by atoms with Gasteiger partial charge in [-0.3, -0.25) is 19.4 Å². The number of hydrogen-bond acceptors (Lipinski definition) is 10. The van der Waals surface area contributed by atoms with Crippen LogP contribution in [0.2, 0.25) is 0 Å². The quantitative estimate of drug-likeness (QED) is 0.282. The van der Waals surface area contributed by atoms with Gasteiger partial charge in [0.15, 0.2) is 13.2 Å². The third-order valence-electron chi connectivity index (χ3n) is 5.41. The van der Waals surface area contributed by atoms with Gasteiger partial charge in [-0.25, -0.2) is 9.59 Å². The molecule has 2 fully saturated rings. The van der Waals surface area contributed by atoms with E-state index < -0.39 is 25.2 Å². The lowest BCUT2D eigenvalue weighted by Crippen LogP contribution is -2.39. The minimum absolute atomic E-state index is 0.108. The van der Waals surface area contributed by atoms with Gasteiger partial charge in [0, 0.05) is 24.2 Å². The van der Waals surface area contributed by atoms with Gasteiger partial charge in [0.2, 0.25) is 0 Å². The minimum Gasteiger partial charge on any atom is -0.481 e. The Morgan fingerprint density at radius 1 is 0.725 bits per heavy atom. The molecule has 0 atom stereocenters. The number of hydrogen-bond donors (Lipinski definition) is 2. The zero-order chi connectivity index (χ0) is 28.8. The van der Waals surface area contributed by atoms with Crippen molar-refractivity contribution in [3.8, 4) is 11.5 Å². The second-order valence-electron chi connectivity index (χ2n) is 8.11. The molecule has 2 N–H and O–H groups in total. The van der Waals surface area contributed by atoms with Crippen molar-refractivity contribution in [1.29, 1.82) is 0 Å². The SMILES string of the molecule is O=C(O)COc1ccccc1C=C1SC(=S)N(CCN2C(=O)C(=Cc3ccccc3OCC(=O)O)SC2=S)C1=O. The van der Waals surface area contributed by atoms with Crippen LogP contribution in [-0.4, -0.2) is 78.7 Å². The Labute approximate surface area is 247 Å². The van der Waals surface area contributed by atoms with Crippen LogP contribution in [0.3, 0.4) is 0 Å². The normalized spacial score (nSPS) is 17.3. The number of carbonyl (C=O) groups is 4. The summed E-state index contributed by atoms with van der Waals surface area (Å²) < 4.78 is 11.2. The van der Waals surface area contributed by atoms with Crippen LogP contribution < -0.4 is 9.47 Å². The number of ether oxygens (including phenoxy) is 2. The smallest absolute Gasteiger partial charge is 0.341 e. The van der Waals surface area contributed by atoms with Gasteiger partial charge in [-0.2, -0.15) is 0 Å². The van der Waals surface area contributed by atoms with E-state index in [1.807, 2.05) is 0 Å². The van der Waals surface area contributed by atoms with Crippen LogP contribution in [0.5, 0.6) is 11.5 Å². The van der Waals surface area contributed by atoms with E-state index in [9.17, 15) is 19.2 Å². The standard InChI is InChI=1S/C26H20N2O8S4/c29-21(30)13-35-17-7-3-1-5-15(17)11-19-23(33)27(25(37)39-19)9-10-28-24(34)20(40-26(28)38)12-16-6-2-4-8-18(16)36-14-22(31)32/h1-8,11-12H,9-10,13-14H2,(H,29,30)(H,31,32). The Bertz CT molecular complexity index is 1360. The predicted molar refractivity (Wildman–Crippen MR) is 159 cm³/mol. The van der Waals surface area contributed by atoms with Gasteiger partial charge in [0.25, 0.3) is 11.8 Å². The van der Waals surface area contributed by atoms with Crippen molar-refractivity contribution >= 4 is 92.5 Å². The van der Waals surface area contributed by atoms with Gasteiger partial charge in [0.1, 0.15) is 20.1 Å². The highest BCUT2D eigenvalue weighted by molar-refractivity contribution is 8.27. The average Bonchev–Trinajstić information content (AvgIpc) is 3.33. The molecule has 0 spiro atoms. The highest BCUT2D eigenvalue weighted by Gasteiger charge is 2.36. The Morgan fingerprint density at radius 3 is 1.48 bits per heavy atom. The fraction of sp³-hybridized carbons (Fsp3) is 0.154. The lowest BCUT2D eigenvalue weighted by molar-refractivity contribution is -0.140. The molecule has 4 rings (SSSR count). The number of carbonyl (C=O) groups excluding carboxylic acids is 2. The van der Waals surface area contributed by atoms with Crippen molar-refractivity contribution in [2.24, 2.45) is 0 Å². The molecule has 2 aliphatic rings. The van der Waals surface area contributed by atoms with E-state index in [0.29, 0.717) is 41.1 Å². The van der Waals surface area contributed by atoms with Crippen LogP contribution in [-0.2, 0) is 19.2 Å². The van der Waals surface area contributed by atoms with Crippen LogP contribution in [0.25, 0.3) is 12.2 Å². The first-order chi connectivity index (χ1) is 19.1. The Hall–Kier alpha value is -3.72. The topological polar surface area (TPSA) is 134 Å². The largest absolute Gasteiger partial charge is 0.481 e. The van der Waals surface area contributed by atoms with Gasteiger partial charge >= 0.3 is 11.9 Å². The molecule has 0 bridgehead atoms. The number of carboxylic acid groups (broad SMARTS) is 2. The van der Waals surface area contributed by atoms with Crippen molar-refractivity contribution in [3.05, 3.63) is 69.5 Å². The van der Waals surface area contributed by atoms with Crippen LogP contribution >= 0.6 is 48.0 Å². The maximum atomic E-state index is 13.1. The highest BCUT2D eigenvalue weighted by atomic mass is 32.2. The summed E-state index contributed by atoms with van der Waals surface area (Å²) >= 11 is 13.0. The molecule has 0 saturated carbocycles. The van der Waals surface area contributed by atoms with Gasteiger partial charge in [0.05, 0.1) is 9.81 Å². The Morgan fingerprint density at radius 2 is 1.10 bits per heavy atom. The fourth-order valence-electron chi connectivity index (χ4n) is 3.61. The zero-order valence-electron chi connectivity index (χ0n) is 20.5. The summed E-state index contributed by atoms with van der Waals surface area (Å²) in [6, 6.07) is 13.5. The Kier molecular flexibility index (Phi) is 9.58. The lowest BCUT2D eigenvalue weighted by Gasteiger charge is -2.19. The summed E-state index contributed by atoms with van der Waals surface area (Å²) in [6.45, 7) is -0.829. The molecule has 2 aromatic rings. The summed E-state index contributed by atoms with van der Waals surface area (Å²) in [4.78, 5) is 51.4. The van der Waals surface area contributed by atoms with E-state index in [1.165, 1.54) is 9.80 Å². The zero-order valence-corrected chi connectivity index (χ0v) is 23.7. The van der Waals surface area contributed by atoms with Crippen molar-refractivity contribution in [3.63, 3.8) is 0 Å². The molecule has 2 heterocycles. The van der Waals surface area contributed by atoms with Gasteiger partial charge < -0.3 is 19.7 Å². The molecular formula is C26H20N2O8S4. The van der Waals surface area contributed by atoms with Crippen molar-refractivity contribution in [2.45, 2.75) is 0 Å². The molecule has 0 aliphatic carbocycles. The fourth-order valence-corrected chi connectivity index (χ4v) is 6.21. The number of aliphatic carboxylic acids is 2. The number of amides is 2. The van der Waals surface area contributed by atoms with E-state index in [0.717, 1.165) is 23.5 Å². The van der Waals surface area contributed by atoms with Gasteiger partial charge in [-0.1, -0.05) is 84.4 Å². The molecule has 206 valence electrons. The first-order valence-corrected chi connectivity index (χ1v) is 14.0. The van der Waals surface area contributed by atoms with Crippen molar-refractivity contribution in [2.75, 3.05) is 26.3 Å². The van der Waals surface area contributed by atoms with E-state index in [-0.39, 0.29) is 24.9 Å². The van der Waals surface area contributed by atoms with E-state index in [1.54, 1.807) is 60.7 Å². The van der Waals surface area contributed by atoms with E-state index >= 15 is 0 Å². The molecule has 2 aliphatic heterocycles. The molecule has 0 radical (unpaired) electrons. The summed E-state index contributed by atoms with van der Waals surface area (Å²) in [6.07, 6.45) is 3.17. The van der Waals surface area contributed by atoms with Crippen LogP contribution in [0.15, 0.2) is 58.3 Å². The molecular weight excluding hydrogens is 597 g/mol. The summed E-state index contributed by atoms with van der Waals surface area (Å²) in [5, 5.41) is 17.8. The predicted octanol–water partition coefficient (Wildman–Crippen LogP) is 3.72. The van der Waals surface area contributed by atoms with E-state index in [4.69, 9.17) is 44.1 Å². The van der Waals surface area contributed by atoms with Gasteiger partial charge in [-0.15, -0.1) is 0 Å². The van der Waals surface area contributed by atoms with Crippen LogP contribution in [0.4, 0.5) is 0 Å². The number of thiocarbonyl (C=S) groups is 2. The molecule has 14 heteroatoms. The molecule has 10 nitrogen and oxygen atoms in total. The summed E-state index contributed by atoms with van der Waals surface area (Å²) in [7, 11) is 0. The lowest BCUT2D eigenvalue weighted by atomic mass is 10.2. The molecule has 0 aromatic heterocycles. The molecule has 2 saturated heterocycles.